The molecule has 3 rings (SSSR count). The molecule has 0 atom stereocenters. The molecule has 0 unspecified atom stereocenters. The smallest absolute Gasteiger partial charge is 0.243 e. The van der Waals surface area contributed by atoms with Crippen molar-refractivity contribution < 1.29 is 12.8 Å². The molecule has 0 bridgehead atoms. The van der Waals surface area contributed by atoms with E-state index in [1.54, 1.807) is 23.4 Å². The highest BCUT2D eigenvalue weighted by Crippen LogP contribution is 2.25. The first-order chi connectivity index (χ1) is 12.7. The molecule has 0 radical (unpaired) electrons. The predicted molar refractivity (Wildman–Crippen MR) is 103 cm³/mol. The summed E-state index contributed by atoms with van der Waals surface area (Å²) in [6, 6.07) is 7.27. The molecule has 7 nitrogen and oxygen atoms in total. The van der Waals surface area contributed by atoms with Gasteiger partial charge in [0.25, 0.3) is 0 Å². The molecule has 0 N–H and O–H groups in total. The third kappa shape index (κ3) is 4.75. The van der Waals surface area contributed by atoms with Gasteiger partial charge in [0.1, 0.15) is 0 Å². The zero-order chi connectivity index (χ0) is 19.7. The number of rotatable bonds is 5. The van der Waals surface area contributed by atoms with E-state index in [-0.39, 0.29) is 5.41 Å². The van der Waals surface area contributed by atoms with E-state index in [0.717, 1.165) is 12.1 Å². The number of nitrogens with zero attached hydrogens (tertiary/aromatic N) is 4. The second kappa shape index (κ2) is 7.69. The van der Waals surface area contributed by atoms with E-state index >= 15 is 0 Å². The summed E-state index contributed by atoms with van der Waals surface area (Å²) in [6.45, 7) is 11.3. The second-order valence-electron chi connectivity index (χ2n) is 7.98. The highest BCUT2D eigenvalue weighted by Gasteiger charge is 2.28. The molecule has 148 valence electrons. The normalized spacial score (nSPS) is 17.3. The van der Waals surface area contributed by atoms with Crippen LogP contribution in [0.25, 0.3) is 0 Å². The van der Waals surface area contributed by atoms with Crippen LogP contribution in [0.3, 0.4) is 0 Å². The van der Waals surface area contributed by atoms with Crippen LogP contribution in [0.5, 0.6) is 0 Å². The number of aromatic nitrogens is 2. The summed E-state index contributed by atoms with van der Waals surface area (Å²) in [4.78, 5) is 2.60. The molecule has 1 aliphatic heterocycles. The summed E-state index contributed by atoms with van der Waals surface area (Å²) in [6.07, 6.45) is 0.682. The van der Waals surface area contributed by atoms with Crippen molar-refractivity contribution in [2.75, 3.05) is 32.7 Å². The van der Waals surface area contributed by atoms with Gasteiger partial charge in [-0.15, -0.1) is 10.2 Å². The van der Waals surface area contributed by atoms with Gasteiger partial charge in [-0.05, 0) is 23.1 Å². The van der Waals surface area contributed by atoms with Gasteiger partial charge in [-0.3, -0.25) is 0 Å². The summed E-state index contributed by atoms with van der Waals surface area (Å²) in [5.74, 6) is 1.19. The molecule has 8 heteroatoms. The molecular weight excluding hydrogens is 364 g/mol. The highest BCUT2D eigenvalue weighted by atomic mass is 32.2. The Morgan fingerprint density at radius 3 is 2.19 bits per heavy atom. The molecule has 0 saturated carbocycles. The molecule has 1 aromatic heterocycles. The maximum Gasteiger partial charge on any atom is 0.243 e. The fourth-order valence-corrected chi connectivity index (χ4v) is 4.58. The molecule has 1 aliphatic rings. The summed E-state index contributed by atoms with van der Waals surface area (Å²) in [7, 11) is -3.45. The molecule has 0 amide bonds. The van der Waals surface area contributed by atoms with Crippen LogP contribution in [0.1, 0.15) is 38.1 Å². The lowest BCUT2D eigenvalue weighted by molar-refractivity contribution is 0.186. The first-order valence-corrected chi connectivity index (χ1v) is 10.7. The molecule has 2 aromatic rings. The van der Waals surface area contributed by atoms with Crippen LogP contribution in [0.4, 0.5) is 0 Å². The van der Waals surface area contributed by atoms with Crippen molar-refractivity contribution in [2.24, 2.45) is 0 Å². The Labute approximate surface area is 161 Å². The fourth-order valence-electron chi connectivity index (χ4n) is 3.16. The minimum Gasteiger partial charge on any atom is -0.426 e. The van der Waals surface area contributed by atoms with E-state index in [1.165, 1.54) is 0 Å². The van der Waals surface area contributed by atoms with Gasteiger partial charge in [-0.25, -0.2) is 8.42 Å². The number of aryl methyl sites for hydroxylation is 1. The average Bonchev–Trinajstić information content (AvgIpc) is 3.05. The number of sulfonamides is 1. The van der Waals surface area contributed by atoms with Crippen molar-refractivity contribution in [2.45, 2.75) is 44.4 Å². The minimum absolute atomic E-state index is 0.00479. The highest BCUT2D eigenvalue weighted by molar-refractivity contribution is 7.89. The van der Waals surface area contributed by atoms with Crippen LogP contribution in [0.2, 0.25) is 0 Å². The molecule has 1 aromatic carbocycles. The van der Waals surface area contributed by atoms with Gasteiger partial charge in [0.15, 0.2) is 0 Å². The predicted octanol–water partition coefficient (Wildman–Crippen LogP) is 2.22. The van der Waals surface area contributed by atoms with Crippen LogP contribution >= 0.6 is 0 Å². The maximum absolute atomic E-state index is 12.9. The summed E-state index contributed by atoms with van der Waals surface area (Å²) < 4.78 is 32.8. The van der Waals surface area contributed by atoms with Crippen LogP contribution in [-0.4, -0.2) is 60.5 Å². The Balaban J connectivity index is 1.57. The molecule has 27 heavy (non-hydrogen) atoms. The lowest BCUT2D eigenvalue weighted by Gasteiger charge is -2.33. The van der Waals surface area contributed by atoms with Crippen LogP contribution in [0.15, 0.2) is 33.6 Å². The largest absolute Gasteiger partial charge is 0.426 e. The number of piperazine rings is 1. The molecule has 1 saturated heterocycles. The zero-order valence-electron chi connectivity index (χ0n) is 16.5. The third-order valence-electron chi connectivity index (χ3n) is 4.90. The average molecular weight is 393 g/mol. The van der Waals surface area contributed by atoms with Gasteiger partial charge in [0, 0.05) is 46.1 Å². The van der Waals surface area contributed by atoms with E-state index in [2.05, 4.69) is 35.9 Å². The summed E-state index contributed by atoms with van der Waals surface area (Å²) in [5.41, 5.74) is 1.13. The van der Waals surface area contributed by atoms with E-state index in [0.29, 0.717) is 49.3 Å². The van der Waals surface area contributed by atoms with Crippen molar-refractivity contribution in [3.63, 3.8) is 0 Å². The van der Waals surface area contributed by atoms with E-state index in [4.69, 9.17) is 4.42 Å². The van der Waals surface area contributed by atoms with E-state index in [9.17, 15) is 8.42 Å². The minimum atomic E-state index is -3.45. The topological polar surface area (TPSA) is 79.5 Å². The lowest BCUT2D eigenvalue weighted by atomic mass is 9.87. The Morgan fingerprint density at radius 2 is 1.67 bits per heavy atom. The Hall–Kier alpha value is -1.77. The number of benzene rings is 1. The van der Waals surface area contributed by atoms with Crippen molar-refractivity contribution in [3.8, 4) is 0 Å². The number of hydrogen-bond acceptors (Lipinski definition) is 6. The first kappa shape index (κ1) is 20.0. The maximum atomic E-state index is 12.9. The molecule has 2 heterocycles. The van der Waals surface area contributed by atoms with Crippen LogP contribution in [0, 0.1) is 6.92 Å². The Morgan fingerprint density at radius 1 is 1.04 bits per heavy atom. The number of hydrogen-bond donors (Lipinski definition) is 0. The van der Waals surface area contributed by atoms with Gasteiger partial charge in [0.2, 0.25) is 21.8 Å². The second-order valence-corrected chi connectivity index (χ2v) is 9.92. The molecule has 1 fully saturated rings. The monoisotopic (exact) mass is 392 g/mol. The fraction of sp³-hybridized carbons (Fsp3) is 0.579. The van der Waals surface area contributed by atoms with E-state index in [1.807, 2.05) is 12.1 Å². The zero-order valence-corrected chi connectivity index (χ0v) is 17.3. The van der Waals surface area contributed by atoms with Crippen LogP contribution < -0.4 is 0 Å². The lowest BCUT2D eigenvalue weighted by Crippen LogP contribution is -2.49. The van der Waals surface area contributed by atoms with Gasteiger partial charge in [-0.1, -0.05) is 32.9 Å². The first-order valence-electron chi connectivity index (χ1n) is 9.28. The summed E-state index contributed by atoms with van der Waals surface area (Å²) >= 11 is 0. The SMILES string of the molecule is Cc1nnc(CCN2CCN(S(=O)(=O)c3ccc(C(C)(C)C)cc3)CC2)o1. The summed E-state index contributed by atoms with van der Waals surface area (Å²) in [5, 5.41) is 7.83. The van der Waals surface area contributed by atoms with E-state index < -0.39 is 10.0 Å². The van der Waals surface area contributed by atoms with Gasteiger partial charge < -0.3 is 9.32 Å². The van der Waals surface area contributed by atoms with Crippen molar-refractivity contribution in [1.29, 1.82) is 0 Å². The standard InChI is InChI=1S/C19H28N4O3S/c1-15-20-21-18(26-15)9-10-22-11-13-23(14-12-22)27(24,25)17-7-5-16(6-8-17)19(2,3)4/h5-8H,9-14H2,1-4H3. The van der Waals surface area contributed by atoms with Gasteiger partial charge in [0.05, 0.1) is 4.90 Å². The molecule has 0 spiro atoms. The van der Waals surface area contributed by atoms with Crippen LogP contribution in [-0.2, 0) is 21.9 Å². The van der Waals surface area contributed by atoms with Gasteiger partial charge >= 0.3 is 0 Å². The Bertz CT molecular complexity index is 861. The third-order valence-corrected chi connectivity index (χ3v) is 6.81. The van der Waals surface area contributed by atoms with Crippen molar-refractivity contribution >= 4 is 10.0 Å². The molecular formula is C19H28N4O3S. The Kier molecular flexibility index (Phi) is 5.69. The van der Waals surface area contributed by atoms with Gasteiger partial charge in [-0.2, -0.15) is 4.31 Å². The molecule has 0 aliphatic carbocycles. The quantitative estimate of drug-likeness (QED) is 0.776. The van der Waals surface area contributed by atoms with Crippen molar-refractivity contribution in [3.05, 3.63) is 41.6 Å². The van der Waals surface area contributed by atoms with Crippen molar-refractivity contribution in [1.82, 2.24) is 19.4 Å².